The number of nitrogens with zero attached hydrogens (tertiary/aromatic N) is 1. The van der Waals surface area contributed by atoms with Gasteiger partial charge in [-0.3, -0.25) is 0 Å². The van der Waals surface area contributed by atoms with E-state index in [4.69, 9.17) is 4.74 Å². The Morgan fingerprint density at radius 3 is 2.58 bits per heavy atom. The number of hydrogen-bond acceptors (Lipinski definition) is 3. The Bertz CT molecular complexity index is 753. The van der Waals surface area contributed by atoms with Crippen LogP contribution >= 0.6 is 0 Å². The first kappa shape index (κ1) is 19.5. The first-order valence-electron chi connectivity index (χ1n) is 8.06. The van der Waals surface area contributed by atoms with Crippen molar-refractivity contribution in [1.82, 2.24) is 10.2 Å². The Kier molecular flexibility index (Phi) is 6.77. The number of carbonyl (C=O) groups is 1. The lowest BCUT2D eigenvalue weighted by atomic mass is 10.1. The van der Waals surface area contributed by atoms with Gasteiger partial charge in [0.2, 0.25) is 0 Å². The van der Waals surface area contributed by atoms with Crippen molar-refractivity contribution < 1.29 is 23.0 Å². The van der Waals surface area contributed by atoms with Crippen LogP contribution in [0.15, 0.2) is 42.5 Å². The Labute approximate surface area is 151 Å². The molecule has 0 heterocycles. The number of hydrogen-bond donors (Lipinski definition) is 1. The molecule has 0 bridgehead atoms. The second-order valence-corrected chi connectivity index (χ2v) is 5.80. The van der Waals surface area contributed by atoms with E-state index in [9.17, 15) is 13.6 Å². The zero-order valence-electron chi connectivity index (χ0n) is 15.0. The average Bonchev–Trinajstić information content (AvgIpc) is 2.61. The molecule has 2 amide bonds. The molecule has 0 radical (unpaired) electrons. The number of carbonyl (C=O) groups excluding carboxylic acids is 1. The Balaban J connectivity index is 1.97. The zero-order valence-corrected chi connectivity index (χ0v) is 15.0. The maximum Gasteiger partial charge on any atom is 0.387 e. The van der Waals surface area contributed by atoms with Crippen molar-refractivity contribution >= 4 is 6.03 Å². The summed E-state index contributed by atoms with van der Waals surface area (Å²) in [5.74, 6) is 0.138. The van der Waals surface area contributed by atoms with Gasteiger partial charge >= 0.3 is 12.6 Å². The highest BCUT2D eigenvalue weighted by Crippen LogP contribution is 2.29. The lowest BCUT2D eigenvalue weighted by Crippen LogP contribution is -2.36. The molecule has 140 valence electrons. The average molecular weight is 364 g/mol. The molecule has 0 spiro atoms. The molecule has 0 unspecified atom stereocenters. The third kappa shape index (κ3) is 5.34. The lowest BCUT2D eigenvalue weighted by molar-refractivity contribution is -0.0512. The normalized spacial score (nSPS) is 10.5. The van der Waals surface area contributed by atoms with Crippen molar-refractivity contribution in [2.45, 2.75) is 26.6 Å². The zero-order chi connectivity index (χ0) is 19.1. The second-order valence-electron chi connectivity index (χ2n) is 5.80. The van der Waals surface area contributed by atoms with Gasteiger partial charge < -0.3 is 19.7 Å². The number of amides is 2. The fourth-order valence-corrected chi connectivity index (χ4v) is 2.45. The van der Waals surface area contributed by atoms with E-state index >= 15 is 0 Å². The predicted octanol–water partition coefficient (Wildman–Crippen LogP) is 3.95. The van der Waals surface area contributed by atoms with Gasteiger partial charge in [0.05, 0.1) is 7.11 Å². The van der Waals surface area contributed by atoms with Crippen molar-refractivity contribution in [1.29, 1.82) is 0 Å². The number of rotatable bonds is 7. The number of benzene rings is 2. The highest BCUT2D eigenvalue weighted by molar-refractivity contribution is 5.73. The van der Waals surface area contributed by atoms with Crippen LogP contribution in [0.4, 0.5) is 13.6 Å². The Hall–Kier alpha value is -2.83. The van der Waals surface area contributed by atoms with Crippen molar-refractivity contribution in [3.8, 4) is 11.5 Å². The molecule has 2 aromatic rings. The second kappa shape index (κ2) is 9.03. The first-order chi connectivity index (χ1) is 12.4. The molecule has 2 aromatic carbocycles. The topological polar surface area (TPSA) is 50.8 Å². The van der Waals surface area contributed by atoms with E-state index in [0.717, 1.165) is 11.1 Å². The number of ether oxygens (including phenoxy) is 2. The standard InChI is InChI=1S/C19H22F2N2O3/c1-13-6-4-5-7-15(13)12-23(2)19(24)22-11-14-8-9-16(25-3)17(10-14)26-18(20)21/h4-10,18H,11-12H2,1-3H3,(H,22,24). The van der Waals surface area contributed by atoms with Gasteiger partial charge in [0.1, 0.15) is 0 Å². The molecular weight excluding hydrogens is 342 g/mol. The van der Waals surface area contributed by atoms with E-state index in [1.165, 1.54) is 19.2 Å². The molecular formula is C19H22F2N2O3. The number of urea groups is 1. The number of nitrogens with one attached hydrogen (secondary N) is 1. The van der Waals surface area contributed by atoms with Crippen molar-refractivity contribution in [3.63, 3.8) is 0 Å². The van der Waals surface area contributed by atoms with Crippen LogP contribution in [0, 0.1) is 6.92 Å². The molecule has 26 heavy (non-hydrogen) atoms. The van der Waals surface area contributed by atoms with Gasteiger partial charge in [0.15, 0.2) is 11.5 Å². The molecule has 2 rings (SSSR count). The summed E-state index contributed by atoms with van der Waals surface area (Å²) in [4.78, 5) is 13.8. The van der Waals surface area contributed by atoms with E-state index in [1.807, 2.05) is 31.2 Å². The van der Waals surface area contributed by atoms with Crippen LogP contribution in [-0.2, 0) is 13.1 Å². The van der Waals surface area contributed by atoms with Gasteiger partial charge in [-0.2, -0.15) is 8.78 Å². The van der Waals surface area contributed by atoms with Crippen LogP contribution < -0.4 is 14.8 Å². The highest BCUT2D eigenvalue weighted by atomic mass is 19.3. The van der Waals surface area contributed by atoms with Gasteiger partial charge in [0, 0.05) is 20.1 Å². The molecule has 5 nitrogen and oxygen atoms in total. The molecule has 0 fully saturated rings. The molecule has 1 N–H and O–H groups in total. The van der Waals surface area contributed by atoms with Crippen LogP contribution in [0.5, 0.6) is 11.5 Å². The number of methoxy groups -OCH3 is 1. The summed E-state index contributed by atoms with van der Waals surface area (Å²) >= 11 is 0. The van der Waals surface area contributed by atoms with E-state index in [-0.39, 0.29) is 24.1 Å². The summed E-state index contributed by atoms with van der Waals surface area (Å²) in [6.45, 7) is -0.307. The van der Waals surface area contributed by atoms with Crippen LogP contribution in [0.3, 0.4) is 0 Å². The SMILES string of the molecule is COc1ccc(CNC(=O)N(C)Cc2ccccc2C)cc1OC(F)F. The summed E-state index contributed by atoms with van der Waals surface area (Å²) in [6, 6.07) is 12.2. The first-order valence-corrected chi connectivity index (χ1v) is 8.06. The van der Waals surface area contributed by atoms with E-state index in [0.29, 0.717) is 12.1 Å². The summed E-state index contributed by atoms with van der Waals surface area (Å²) in [6.07, 6.45) is 0. The van der Waals surface area contributed by atoms with Crippen molar-refractivity contribution in [2.75, 3.05) is 14.2 Å². The monoisotopic (exact) mass is 364 g/mol. The smallest absolute Gasteiger partial charge is 0.387 e. The third-order valence-corrected chi connectivity index (χ3v) is 3.90. The van der Waals surface area contributed by atoms with Gasteiger partial charge in [-0.1, -0.05) is 30.3 Å². The minimum absolute atomic E-state index is 0.0671. The van der Waals surface area contributed by atoms with Crippen LogP contribution in [-0.4, -0.2) is 31.7 Å². The fraction of sp³-hybridized carbons (Fsp3) is 0.316. The summed E-state index contributed by atoms with van der Waals surface area (Å²) < 4.78 is 34.4. The van der Waals surface area contributed by atoms with Crippen LogP contribution in [0.25, 0.3) is 0 Å². The molecule has 0 aliphatic carbocycles. The third-order valence-electron chi connectivity index (χ3n) is 3.90. The van der Waals surface area contributed by atoms with Gasteiger partial charge in [-0.25, -0.2) is 4.79 Å². The van der Waals surface area contributed by atoms with E-state index in [1.54, 1.807) is 18.0 Å². The van der Waals surface area contributed by atoms with E-state index < -0.39 is 6.61 Å². The summed E-state index contributed by atoms with van der Waals surface area (Å²) in [5, 5.41) is 2.76. The maximum absolute atomic E-state index is 12.5. The largest absolute Gasteiger partial charge is 0.493 e. The van der Waals surface area contributed by atoms with Gasteiger partial charge in [0.25, 0.3) is 0 Å². The molecule has 7 heteroatoms. The number of aryl methyl sites for hydroxylation is 1. The molecule has 0 aromatic heterocycles. The van der Waals surface area contributed by atoms with E-state index in [2.05, 4.69) is 10.1 Å². The quantitative estimate of drug-likeness (QED) is 0.809. The van der Waals surface area contributed by atoms with Gasteiger partial charge in [-0.15, -0.1) is 0 Å². The lowest BCUT2D eigenvalue weighted by Gasteiger charge is -2.19. The minimum Gasteiger partial charge on any atom is -0.493 e. The Morgan fingerprint density at radius 2 is 1.92 bits per heavy atom. The number of halogens is 2. The van der Waals surface area contributed by atoms with Crippen molar-refractivity contribution in [3.05, 3.63) is 59.2 Å². The summed E-state index contributed by atoms with van der Waals surface area (Å²) in [5.41, 5.74) is 2.79. The van der Waals surface area contributed by atoms with Crippen LogP contribution in [0.1, 0.15) is 16.7 Å². The summed E-state index contributed by atoms with van der Waals surface area (Å²) in [7, 11) is 3.07. The number of alkyl halides is 2. The maximum atomic E-state index is 12.5. The molecule has 0 aliphatic rings. The Morgan fingerprint density at radius 1 is 1.19 bits per heavy atom. The fourth-order valence-electron chi connectivity index (χ4n) is 2.45. The molecule has 0 saturated heterocycles. The van der Waals surface area contributed by atoms with Gasteiger partial charge in [-0.05, 0) is 35.7 Å². The predicted molar refractivity (Wildman–Crippen MR) is 94.5 cm³/mol. The molecule has 0 saturated carbocycles. The van der Waals surface area contributed by atoms with Crippen molar-refractivity contribution in [2.24, 2.45) is 0 Å². The molecule has 0 aliphatic heterocycles. The molecule has 0 atom stereocenters. The van der Waals surface area contributed by atoms with Crippen LogP contribution in [0.2, 0.25) is 0 Å². The highest BCUT2D eigenvalue weighted by Gasteiger charge is 2.13. The minimum atomic E-state index is -2.95.